The number of oxazole rings is 1. The highest BCUT2D eigenvalue weighted by Gasteiger charge is 2.14. The smallest absolute Gasteiger partial charge is 0.325 e. The van der Waals surface area contributed by atoms with Gasteiger partial charge in [-0.25, -0.2) is 9.78 Å². The summed E-state index contributed by atoms with van der Waals surface area (Å²) in [5.41, 5.74) is 0. The minimum absolute atomic E-state index is 0.170. The zero-order valence-electron chi connectivity index (χ0n) is 10.6. The van der Waals surface area contributed by atoms with E-state index in [0.717, 1.165) is 0 Å². The maximum absolute atomic E-state index is 11.4. The van der Waals surface area contributed by atoms with Gasteiger partial charge in [-0.05, 0) is 20.8 Å². The fourth-order valence-electron chi connectivity index (χ4n) is 1.25. The highest BCUT2D eigenvalue weighted by molar-refractivity contribution is 5.80. The van der Waals surface area contributed by atoms with E-state index in [-0.39, 0.29) is 19.2 Å². The summed E-state index contributed by atoms with van der Waals surface area (Å²) in [5.74, 6) is 0.608. The van der Waals surface area contributed by atoms with Crippen LogP contribution in [0.25, 0.3) is 0 Å². The zero-order chi connectivity index (χ0) is 13.5. The van der Waals surface area contributed by atoms with Crippen LogP contribution in [-0.4, -0.2) is 30.1 Å². The lowest BCUT2D eigenvalue weighted by Gasteiger charge is -2.11. The largest absolute Gasteiger partial charge is 0.465 e. The third-order valence-corrected chi connectivity index (χ3v) is 2.06. The maximum atomic E-state index is 11.4. The average molecular weight is 255 g/mol. The Hall–Kier alpha value is -2.05. The van der Waals surface area contributed by atoms with E-state index in [1.807, 2.05) is 0 Å². The SMILES string of the molecule is CCOC(=O)CNC(=O)NC(C)c1ncc(C)o1. The Bertz CT molecular complexity index is 416. The second-order valence-electron chi connectivity index (χ2n) is 3.66. The van der Waals surface area contributed by atoms with Gasteiger partial charge in [-0.3, -0.25) is 4.79 Å². The average Bonchev–Trinajstić information content (AvgIpc) is 2.74. The number of amides is 2. The molecule has 1 atom stereocenters. The van der Waals surface area contributed by atoms with Crippen LogP contribution in [0.15, 0.2) is 10.6 Å². The summed E-state index contributed by atoms with van der Waals surface area (Å²) in [4.78, 5) is 26.4. The van der Waals surface area contributed by atoms with Crippen molar-refractivity contribution < 1.29 is 18.7 Å². The molecule has 18 heavy (non-hydrogen) atoms. The Morgan fingerprint density at radius 1 is 1.56 bits per heavy atom. The van der Waals surface area contributed by atoms with Crippen LogP contribution in [0.5, 0.6) is 0 Å². The Labute approximate surface area is 105 Å². The molecule has 7 heteroatoms. The van der Waals surface area contributed by atoms with Crippen LogP contribution in [0.2, 0.25) is 0 Å². The van der Waals surface area contributed by atoms with Crippen LogP contribution >= 0.6 is 0 Å². The van der Waals surface area contributed by atoms with Gasteiger partial charge in [0.1, 0.15) is 18.3 Å². The molecule has 1 aromatic rings. The fraction of sp³-hybridized carbons (Fsp3) is 0.545. The number of urea groups is 1. The molecular weight excluding hydrogens is 238 g/mol. The predicted octanol–water partition coefficient (Wildman–Crippen LogP) is 0.906. The third-order valence-electron chi connectivity index (χ3n) is 2.06. The van der Waals surface area contributed by atoms with E-state index in [4.69, 9.17) is 4.42 Å². The van der Waals surface area contributed by atoms with Gasteiger partial charge < -0.3 is 19.8 Å². The van der Waals surface area contributed by atoms with Crippen molar-refractivity contribution in [2.45, 2.75) is 26.8 Å². The molecule has 1 rings (SSSR count). The number of hydrogen-bond donors (Lipinski definition) is 2. The van der Waals surface area contributed by atoms with E-state index in [1.165, 1.54) is 0 Å². The third kappa shape index (κ3) is 4.44. The van der Waals surface area contributed by atoms with E-state index >= 15 is 0 Å². The second kappa shape index (κ2) is 6.63. The summed E-state index contributed by atoms with van der Waals surface area (Å²) >= 11 is 0. The molecule has 0 radical (unpaired) electrons. The quantitative estimate of drug-likeness (QED) is 0.763. The summed E-state index contributed by atoms with van der Waals surface area (Å²) in [5, 5.41) is 4.97. The number of nitrogens with zero attached hydrogens (tertiary/aromatic N) is 1. The van der Waals surface area contributed by atoms with Gasteiger partial charge in [0.25, 0.3) is 0 Å². The highest BCUT2D eigenvalue weighted by Crippen LogP contribution is 2.11. The van der Waals surface area contributed by atoms with Crippen molar-refractivity contribution in [2.75, 3.05) is 13.2 Å². The number of ether oxygens (including phenoxy) is 1. The molecule has 0 aliphatic heterocycles. The highest BCUT2D eigenvalue weighted by atomic mass is 16.5. The molecule has 0 saturated heterocycles. The van der Waals surface area contributed by atoms with E-state index in [1.54, 1.807) is 27.0 Å². The van der Waals surface area contributed by atoms with Gasteiger partial charge in [-0.1, -0.05) is 0 Å². The van der Waals surface area contributed by atoms with Crippen LogP contribution in [0.1, 0.15) is 31.5 Å². The first kappa shape index (κ1) is 14.0. The Morgan fingerprint density at radius 2 is 2.28 bits per heavy atom. The molecule has 1 unspecified atom stereocenters. The number of carbonyl (C=O) groups is 2. The topological polar surface area (TPSA) is 93.5 Å². The first-order chi connectivity index (χ1) is 8.52. The molecule has 1 heterocycles. The predicted molar refractivity (Wildman–Crippen MR) is 62.8 cm³/mol. The molecule has 100 valence electrons. The monoisotopic (exact) mass is 255 g/mol. The molecule has 7 nitrogen and oxygen atoms in total. The lowest BCUT2D eigenvalue weighted by Crippen LogP contribution is -2.40. The van der Waals surface area contributed by atoms with Crippen LogP contribution in [0.3, 0.4) is 0 Å². The number of esters is 1. The Morgan fingerprint density at radius 3 is 2.83 bits per heavy atom. The standard InChI is InChI=1S/C11H17N3O4/c1-4-17-9(15)6-13-11(16)14-8(3)10-12-5-7(2)18-10/h5,8H,4,6H2,1-3H3,(H2,13,14,16). The summed E-state index contributed by atoms with van der Waals surface area (Å²) in [7, 11) is 0. The van der Waals surface area contributed by atoms with Gasteiger partial charge in [0.05, 0.1) is 12.8 Å². The number of aryl methyl sites for hydroxylation is 1. The molecule has 2 amide bonds. The zero-order valence-corrected chi connectivity index (χ0v) is 10.6. The van der Waals surface area contributed by atoms with Crippen molar-refractivity contribution in [3.63, 3.8) is 0 Å². The van der Waals surface area contributed by atoms with Gasteiger partial charge in [0.2, 0.25) is 5.89 Å². The van der Waals surface area contributed by atoms with Gasteiger partial charge in [-0.2, -0.15) is 0 Å². The molecule has 0 aliphatic carbocycles. The number of nitrogens with one attached hydrogen (secondary N) is 2. The van der Waals surface area contributed by atoms with Crippen LogP contribution in [-0.2, 0) is 9.53 Å². The first-order valence-corrected chi connectivity index (χ1v) is 5.65. The molecule has 0 fully saturated rings. The van der Waals surface area contributed by atoms with Crippen LogP contribution in [0.4, 0.5) is 4.79 Å². The Kier molecular flexibility index (Phi) is 5.16. The van der Waals surface area contributed by atoms with Crippen molar-refractivity contribution >= 4 is 12.0 Å². The van der Waals surface area contributed by atoms with Crippen molar-refractivity contribution in [3.8, 4) is 0 Å². The molecule has 2 N–H and O–H groups in total. The van der Waals surface area contributed by atoms with Crippen molar-refractivity contribution in [3.05, 3.63) is 17.8 Å². The fourth-order valence-corrected chi connectivity index (χ4v) is 1.25. The van der Waals surface area contributed by atoms with E-state index in [9.17, 15) is 9.59 Å². The molecule has 1 aromatic heterocycles. The van der Waals surface area contributed by atoms with Gasteiger partial charge in [-0.15, -0.1) is 0 Å². The van der Waals surface area contributed by atoms with Crippen molar-refractivity contribution in [1.82, 2.24) is 15.6 Å². The van der Waals surface area contributed by atoms with Crippen molar-refractivity contribution in [1.29, 1.82) is 0 Å². The molecular formula is C11H17N3O4. The molecule has 0 spiro atoms. The maximum Gasteiger partial charge on any atom is 0.325 e. The second-order valence-corrected chi connectivity index (χ2v) is 3.66. The van der Waals surface area contributed by atoms with Crippen LogP contribution in [0, 0.1) is 6.92 Å². The number of rotatable bonds is 5. The lowest BCUT2D eigenvalue weighted by molar-refractivity contribution is -0.141. The summed E-state index contributed by atoms with van der Waals surface area (Å²) in [6.45, 7) is 5.31. The lowest BCUT2D eigenvalue weighted by atomic mass is 10.3. The molecule has 0 aromatic carbocycles. The van der Waals surface area contributed by atoms with Gasteiger partial charge in [0, 0.05) is 0 Å². The normalized spacial score (nSPS) is 11.7. The molecule has 0 bridgehead atoms. The Balaban J connectivity index is 2.34. The van der Waals surface area contributed by atoms with Crippen molar-refractivity contribution in [2.24, 2.45) is 0 Å². The minimum atomic E-state index is -0.480. The van der Waals surface area contributed by atoms with E-state index in [2.05, 4.69) is 20.4 Å². The number of hydrogen-bond acceptors (Lipinski definition) is 5. The van der Waals surface area contributed by atoms with E-state index < -0.39 is 12.0 Å². The summed E-state index contributed by atoms with van der Waals surface area (Å²) in [6.07, 6.45) is 1.57. The molecule has 0 aliphatic rings. The van der Waals surface area contributed by atoms with Gasteiger partial charge >= 0.3 is 12.0 Å². The first-order valence-electron chi connectivity index (χ1n) is 5.65. The number of carbonyl (C=O) groups excluding carboxylic acids is 2. The van der Waals surface area contributed by atoms with Crippen LogP contribution < -0.4 is 10.6 Å². The van der Waals surface area contributed by atoms with Gasteiger partial charge in [0.15, 0.2) is 0 Å². The number of aromatic nitrogens is 1. The summed E-state index contributed by atoms with van der Waals surface area (Å²) < 4.78 is 9.94. The minimum Gasteiger partial charge on any atom is -0.465 e. The van der Waals surface area contributed by atoms with E-state index in [0.29, 0.717) is 11.7 Å². The molecule has 0 saturated carbocycles. The summed E-state index contributed by atoms with van der Waals surface area (Å²) in [6, 6.07) is -0.854.